The summed E-state index contributed by atoms with van der Waals surface area (Å²) in [6.07, 6.45) is 0.858. The molecule has 6 heteroatoms. The maximum Gasteiger partial charge on any atom is 0.229 e. The topological polar surface area (TPSA) is 88.4 Å². The lowest BCUT2D eigenvalue weighted by atomic mass is 9.62. The third kappa shape index (κ3) is 4.31. The molecule has 6 nitrogen and oxygen atoms in total. The van der Waals surface area contributed by atoms with Gasteiger partial charge >= 0.3 is 0 Å². The van der Waals surface area contributed by atoms with Crippen LogP contribution in [-0.2, 0) is 4.74 Å². The minimum atomic E-state index is -1.35. The van der Waals surface area contributed by atoms with Gasteiger partial charge in [0.25, 0.3) is 0 Å². The van der Waals surface area contributed by atoms with E-state index in [4.69, 9.17) is 14.2 Å². The Labute approximate surface area is 197 Å². The van der Waals surface area contributed by atoms with Crippen LogP contribution in [0.1, 0.15) is 93.9 Å². The maximum atomic E-state index is 10.5. The molecule has 0 aromatic heterocycles. The van der Waals surface area contributed by atoms with Gasteiger partial charge < -0.3 is 29.5 Å². The summed E-state index contributed by atoms with van der Waals surface area (Å²) in [5, 5.41) is 30.6. The second-order valence-electron chi connectivity index (χ2n) is 10.5. The van der Waals surface area contributed by atoms with Crippen molar-refractivity contribution in [3.63, 3.8) is 0 Å². The van der Waals surface area contributed by atoms with Crippen LogP contribution in [0.3, 0.4) is 0 Å². The van der Waals surface area contributed by atoms with E-state index >= 15 is 0 Å². The Bertz CT molecular complexity index is 905. The van der Waals surface area contributed by atoms with Crippen molar-refractivity contribution in [3.05, 3.63) is 33.9 Å². The maximum absolute atomic E-state index is 10.5. The largest absolute Gasteiger partial charge is 0.490 e. The predicted molar refractivity (Wildman–Crippen MR) is 127 cm³/mol. The van der Waals surface area contributed by atoms with E-state index in [-0.39, 0.29) is 6.61 Å². The molecule has 184 valence electrons. The first kappa shape index (κ1) is 24.5. The van der Waals surface area contributed by atoms with Crippen molar-refractivity contribution in [3.8, 4) is 11.5 Å². The van der Waals surface area contributed by atoms with Gasteiger partial charge in [-0.2, -0.15) is 0 Å². The van der Waals surface area contributed by atoms with Gasteiger partial charge in [0.1, 0.15) is 18.3 Å². The van der Waals surface area contributed by atoms with Gasteiger partial charge in [-0.15, -0.1) is 0 Å². The predicted octanol–water partition coefficient (Wildman–Crippen LogP) is 4.28. The summed E-state index contributed by atoms with van der Waals surface area (Å²) < 4.78 is 18.2. The molecule has 3 N–H and O–H groups in total. The molecular weight excluding hydrogens is 420 g/mol. The van der Waals surface area contributed by atoms with Gasteiger partial charge in [-0.1, -0.05) is 25.5 Å². The van der Waals surface area contributed by atoms with E-state index in [1.54, 1.807) is 0 Å². The van der Waals surface area contributed by atoms with Crippen LogP contribution in [0.15, 0.2) is 11.6 Å². The minimum Gasteiger partial charge on any atom is -0.490 e. The fraction of sp³-hybridized carbons (Fsp3) is 0.704. The highest BCUT2D eigenvalue weighted by Crippen LogP contribution is 2.58. The SMILES string of the molecule is CCOc1c(O[C@H]2OC[C@H](O)[C@@H](O)[C@@H]2O)c(C)c2c3c1[C@@H](C)CC[C@@H]3[C@@H](C)CC2C=C(C)C. The van der Waals surface area contributed by atoms with E-state index in [1.807, 2.05) is 6.92 Å². The Morgan fingerprint density at radius 1 is 1.03 bits per heavy atom. The molecule has 1 fully saturated rings. The molecule has 0 saturated carbocycles. The van der Waals surface area contributed by atoms with E-state index in [9.17, 15) is 15.3 Å². The van der Waals surface area contributed by atoms with Gasteiger partial charge in [0, 0.05) is 11.5 Å². The van der Waals surface area contributed by atoms with Crippen molar-refractivity contribution in [2.24, 2.45) is 5.92 Å². The summed E-state index contributed by atoms with van der Waals surface area (Å²) in [4.78, 5) is 0. The van der Waals surface area contributed by atoms with Gasteiger partial charge in [-0.05, 0) is 81.4 Å². The second kappa shape index (κ2) is 9.57. The van der Waals surface area contributed by atoms with Crippen LogP contribution >= 0.6 is 0 Å². The molecule has 1 heterocycles. The average molecular weight is 461 g/mol. The zero-order chi connectivity index (χ0) is 24.0. The minimum absolute atomic E-state index is 0.0971. The van der Waals surface area contributed by atoms with E-state index in [2.05, 4.69) is 40.7 Å². The zero-order valence-corrected chi connectivity index (χ0v) is 20.8. The van der Waals surface area contributed by atoms with Crippen LogP contribution in [-0.4, -0.2) is 53.1 Å². The first-order valence-electron chi connectivity index (χ1n) is 12.5. The number of ether oxygens (including phenoxy) is 3. The van der Waals surface area contributed by atoms with Gasteiger partial charge in [0.2, 0.25) is 6.29 Å². The molecule has 1 aromatic carbocycles. The fourth-order valence-corrected chi connectivity index (χ4v) is 6.20. The molecule has 2 aliphatic carbocycles. The number of rotatable bonds is 5. The van der Waals surface area contributed by atoms with Crippen molar-refractivity contribution >= 4 is 0 Å². The zero-order valence-electron chi connectivity index (χ0n) is 20.8. The number of aliphatic hydroxyl groups excluding tert-OH is 3. The number of benzene rings is 1. The summed E-state index contributed by atoms with van der Waals surface area (Å²) in [5.41, 5.74) is 6.30. The molecule has 0 amide bonds. The van der Waals surface area contributed by atoms with Crippen molar-refractivity contribution in [1.82, 2.24) is 0 Å². The molecule has 0 spiro atoms. The summed E-state index contributed by atoms with van der Waals surface area (Å²) >= 11 is 0. The molecule has 0 radical (unpaired) electrons. The Morgan fingerprint density at radius 2 is 1.76 bits per heavy atom. The molecule has 4 rings (SSSR count). The lowest BCUT2D eigenvalue weighted by Gasteiger charge is -2.44. The third-order valence-electron chi connectivity index (χ3n) is 7.74. The van der Waals surface area contributed by atoms with Crippen LogP contribution in [0.2, 0.25) is 0 Å². The Balaban J connectivity index is 1.90. The highest BCUT2D eigenvalue weighted by Gasteiger charge is 2.44. The quantitative estimate of drug-likeness (QED) is 0.569. The van der Waals surface area contributed by atoms with Gasteiger partial charge in [-0.25, -0.2) is 0 Å². The molecule has 1 unspecified atom stereocenters. The summed E-state index contributed by atoms with van der Waals surface area (Å²) in [7, 11) is 0. The smallest absolute Gasteiger partial charge is 0.229 e. The molecular formula is C27H40O6. The van der Waals surface area contributed by atoms with E-state index in [1.165, 1.54) is 28.7 Å². The van der Waals surface area contributed by atoms with Crippen molar-refractivity contribution < 1.29 is 29.5 Å². The number of allylic oxidation sites excluding steroid dienone is 2. The first-order valence-corrected chi connectivity index (χ1v) is 12.5. The molecule has 8 atom stereocenters. The molecule has 1 aliphatic heterocycles. The monoisotopic (exact) mass is 460 g/mol. The van der Waals surface area contributed by atoms with Crippen molar-refractivity contribution in [2.45, 2.75) is 103 Å². The van der Waals surface area contributed by atoms with E-state index < -0.39 is 24.6 Å². The number of hydrogen-bond donors (Lipinski definition) is 3. The molecule has 0 bridgehead atoms. The van der Waals surface area contributed by atoms with E-state index in [0.717, 1.165) is 24.2 Å². The summed E-state index contributed by atoms with van der Waals surface area (Å²) in [6.45, 7) is 13.4. The molecule has 1 aromatic rings. The molecule has 33 heavy (non-hydrogen) atoms. The highest BCUT2D eigenvalue weighted by atomic mass is 16.7. The standard InChI is InChI=1S/C27H40O6/c1-7-31-26-20-14(4)8-9-18-15(5)11-17(10-13(2)3)21(22(18)20)16(6)25(26)33-27-24(30)23(29)19(28)12-32-27/h10,14-15,17-19,23-24,27-30H,7-9,11-12H2,1-6H3/t14-,15-,17?,18+,19-,23+,24-,27+/m0/s1. The molecule has 1 saturated heterocycles. The van der Waals surface area contributed by atoms with Crippen LogP contribution in [0.5, 0.6) is 11.5 Å². The summed E-state index contributed by atoms with van der Waals surface area (Å²) in [6, 6.07) is 0. The lowest BCUT2D eigenvalue weighted by molar-refractivity contribution is -0.242. The number of hydrogen-bond acceptors (Lipinski definition) is 6. The Morgan fingerprint density at radius 3 is 2.42 bits per heavy atom. The van der Waals surface area contributed by atoms with Crippen LogP contribution in [0.4, 0.5) is 0 Å². The van der Waals surface area contributed by atoms with Gasteiger partial charge in [0.05, 0.1) is 13.2 Å². The average Bonchev–Trinajstić information content (AvgIpc) is 2.75. The van der Waals surface area contributed by atoms with E-state index in [0.29, 0.717) is 36.0 Å². The van der Waals surface area contributed by atoms with Crippen molar-refractivity contribution in [1.29, 1.82) is 0 Å². The Kier molecular flexibility index (Phi) is 7.11. The molecule has 3 aliphatic rings. The van der Waals surface area contributed by atoms with Gasteiger partial charge in [0.15, 0.2) is 11.5 Å². The van der Waals surface area contributed by atoms with Crippen molar-refractivity contribution in [2.75, 3.05) is 13.2 Å². The second-order valence-corrected chi connectivity index (χ2v) is 10.5. The highest BCUT2D eigenvalue weighted by molar-refractivity contribution is 5.65. The third-order valence-corrected chi connectivity index (χ3v) is 7.74. The number of aliphatic hydroxyl groups is 3. The van der Waals surface area contributed by atoms with Crippen LogP contribution < -0.4 is 9.47 Å². The Hall–Kier alpha value is -1.60. The fourth-order valence-electron chi connectivity index (χ4n) is 6.20. The van der Waals surface area contributed by atoms with Crippen LogP contribution in [0, 0.1) is 12.8 Å². The normalized spacial score (nSPS) is 35.5. The lowest BCUT2D eigenvalue weighted by Crippen LogP contribution is -2.54. The van der Waals surface area contributed by atoms with Crippen LogP contribution in [0.25, 0.3) is 0 Å². The van der Waals surface area contributed by atoms with Gasteiger partial charge in [-0.3, -0.25) is 0 Å². The summed E-state index contributed by atoms with van der Waals surface area (Å²) in [5.74, 6) is 3.06. The first-order chi connectivity index (χ1) is 15.6.